The molecule has 0 saturated heterocycles. The maximum atomic E-state index is 5.57. The lowest BCUT2D eigenvalue weighted by Crippen LogP contribution is -2.02. The Morgan fingerprint density at radius 1 is 1.58 bits per heavy atom. The number of nitrogens with zero attached hydrogens (tertiary/aromatic N) is 3. The van der Waals surface area contributed by atoms with Gasteiger partial charge >= 0.3 is 0 Å². The molecule has 0 saturated carbocycles. The van der Waals surface area contributed by atoms with E-state index in [1.54, 1.807) is 6.20 Å². The SMILES string of the molecule is Cc1nc2ncccn2c1CN. The number of fused-ring (bicyclic) bond motifs is 1. The summed E-state index contributed by atoms with van der Waals surface area (Å²) in [6, 6.07) is 1.87. The predicted molar refractivity (Wildman–Crippen MR) is 45.6 cm³/mol. The molecule has 0 bridgehead atoms. The van der Waals surface area contributed by atoms with Crippen molar-refractivity contribution >= 4 is 5.78 Å². The maximum Gasteiger partial charge on any atom is 0.234 e. The molecule has 0 unspecified atom stereocenters. The summed E-state index contributed by atoms with van der Waals surface area (Å²) in [5, 5.41) is 0. The third-order valence-electron chi connectivity index (χ3n) is 1.90. The van der Waals surface area contributed by atoms with Crippen LogP contribution in [0.5, 0.6) is 0 Å². The molecule has 0 aliphatic carbocycles. The second-order valence-electron chi connectivity index (χ2n) is 2.64. The monoisotopic (exact) mass is 162 g/mol. The third kappa shape index (κ3) is 0.887. The summed E-state index contributed by atoms with van der Waals surface area (Å²) in [5.74, 6) is 0.718. The van der Waals surface area contributed by atoms with Gasteiger partial charge in [0, 0.05) is 18.9 Å². The van der Waals surface area contributed by atoms with E-state index in [0.717, 1.165) is 17.2 Å². The second kappa shape index (κ2) is 2.57. The smallest absolute Gasteiger partial charge is 0.234 e. The third-order valence-corrected chi connectivity index (χ3v) is 1.90. The minimum Gasteiger partial charge on any atom is -0.325 e. The fourth-order valence-electron chi connectivity index (χ4n) is 1.29. The molecule has 62 valence electrons. The molecule has 4 heteroatoms. The zero-order valence-corrected chi connectivity index (χ0v) is 6.86. The molecule has 0 fully saturated rings. The van der Waals surface area contributed by atoms with Crippen LogP contribution in [0.15, 0.2) is 18.5 Å². The first kappa shape index (κ1) is 7.24. The van der Waals surface area contributed by atoms with Gasteiger partial charge in [0.05, 0.1) is 11.4 Å². The van der Waals surface area contributed by atoms with Crippen LogP contribution >= 0.6 is 0 Å². The number of imidazole rings is 1. The molecule has 0 radical (unpaired) electrons. The van der Waals surface area contributed by atoms with E-state index in [9.17, 15) is 0 Å². The molecule has 2 aromatic rings. The Morgan fingerprint density at radius 3 is 3.17 bits per heavy atom. The molecule has 0 spiro atoms. The lowest BCUT2D eigenvalue weighted by Gasteiger charge is -1.96. The van der Waals surface area contributed by atoms with E-state index in [1.807, 2.05) is 23.6 Å². The summed E-state index contributed by atoms with van der Waals surface area (Å²) in [5.41, 5.74) is 7.55. The highest BCUT2D eigenvalue weighted by Gasteiger charge is 2.05. The Labute approximate surface area is 70.1 Å². The zero-order valence-electron chi connectivity index (χ0n) is 6.86. The summed E-state index contributed by atoms with van der Waals surface area (Å²) >= 11 is 0. The number of hydrogen-bond acceptors (Lipinski definition) is 3. The van der Waals surface area contributed by atoms with E-state index in [4.69, 9.17) is 5.73 Å². The minimum absolute atomic E-state index is 0.499. The first-order valence-electron chi connectivity index (χ1n) is 3.81. The van der Waals surface area contributed by atoms with Crippen molar-refractivity contribution in [3.05, 3.63) is 29.8 Å². The lowest BCUT2D eigenvalue weighted by atomic mass is 10.3. The van der Waals surface area contributed by atoms with Gasteiger partial charge < -0.3 is 5.73 Å². The van der Waals surface area contributed by atoms with Crippen molar-refractivity contribution in [1.82, 2.24) is 14.4 Å². The number of aryl methyl sites for hydroxylation is 1. The van der Waals surface area contributed by atoms with E-state index >= 15 is 0 Å². The molecule has 0 amide bonds. The molecule has 0 aliphatic heterocycles. The van der Waals surface area contributed by atoms with Crippen LogP contribution in [0.3, 0.4) is 0 Å². The van der Waals surface area contributed by atoms with Gasteiger partial charge in [-0.3, -0.25) is 4.40 Å². The molecule has 0 atom stereocenters. The Balaban J connectivity index is 2.81. The average molecular weight is 162 g/mol. The van der Waals surface area contributed by atoms with Gasteiger partial charge in [0.25, 0.3) is 0 Å². The fourth-order valence-corrected chi connectivity index (χ4v) is 1.29. The maximum absolute atomic E-state index is 5.57. The topological polar surface area (TPSA) is 56.2 Å². The van der Waals surface area contributed by atoms with Gasteiger partial charge in [0.2, 0.25) is 5.78 Å². The summed E-state index contributed by atoms with van der Waals surface area (Å²) in [6.07, 6.45) is 3.65. The number of aromatic nitrogens is 3. The van der Waals surface area contributed by atoms with Gasteiger partial charge in [0.15, 0.2) is 0 Å². The van der Waals surface area contributed by atoms with Crippen molar-refractivity contribution < 1.29 is 0 Å². The summed E-state index contributed by atoms with van der Waals surface area (Å²) in [7, 11) is 0. The van der Waals surface area contributed by atoms with Crippen LogP contribution in [0.2, 0.25) is 0 Å². The van der Waals surface area contributed by atoms with Crippen molar-refractivity contribution in [2.45, 2.75) is 13.5 Å². The number of nitrogens with two attached hydrogens (primary N) is 1. The lowest BCUT2D eigenvalue weighted by molar-refractivity contribution is 0.935. The van der Waals surface area contributed by atoms with E-state index in [2.05, 4.69) is 9.97 Å². The molecule has 2 aromatic heterocycles. The minimum atomic E-state index is 0.499. The highest BCUT2D eigenvalue weighted by Crippen LogP contribution is 2.07. The van der Waals surface area contributed by atoms with Crippen LogP contribution in [0, 0.1) is 6.92 Å². The Bertz CT molecular complexity index is 404. The first-order valence-corrected chi connectivity index (χ1v) is 3.81. The zero-order chi connectivity index (χ0) is 8.55. The molecule has 0 aromatic carbocycles. The Kier molecular flexibility index (Phi) is 1.55. The van der Waals surface area contributed by atoms with Crippen molar-refractivity contribution in [3.63, 3.8) is 0 Å². The van der Waals surface area contributed by atoms with Crippen LogP contribution in [0.1, 0.15) is 11.4 Å². The quantitative estimate of drug-likeness (QED) is 0.664. The number of hydrogen-bond donors (Lipinski definition) is 1. The highest BCUT2D eigenvalue weighted by molar-refractivity contribution is 5.34. The van der Waals surface area contributed by atoms with Gasteiger partial charge in [-0.2, -0.15) is 0 Å². The summed E-state index contributed by atoms with van der Waals surface area (Å²) < 4.78 is 1.91. The van der Waals surface area contributed by atoms with E-state index < -0.39 is 0 Å². The Hall–Kier alpha value is -1.42. The molecule has 2 heterocycles. The van der Waals surface area contributed by atoms with Crippen LogP contribution in [-0.4, -0.2) is 14.4 Å². The standard InChI is InChI=1S/C8H10N4/c1-6-7(5-9)12-4-2-3-10-8(12)11-6/h2-4H,5,9H2,1H3. The highest BCUT2D eigenvalue weighted by atomic mass is 15.1. The molecule has 4 nitrogen and oxygen atoms in total. The molecule has 2 N–H and O–H groups in total. The van der Waals surface area contributed by atoms with E-state index in [1.165, 1.54) is 0 Å². The van der Waals surface area contributed by atoms with E-state index in [0.29, 0.717) is 6.54 Å². The van der Waals surface area contributed by atoms with Crippen molar-refractivity contribution in [2.75, 3.05) is 0 Å². The van der Waals surface area contributed by atoms with Gasteiger partial charge in [-0.05, 0) is 13.0 Å². The van der Waals surface area contributed by atoms with Gasteiger partial charge in [-0.15, -0.1) is 0 Å². The van der Waals surface area contributed by atoms with Crippen molar-refractivity contribution in [3.8, 4) is 0 Å². The van der Waals surface area contributed by atoms with Gasteiger partial charge in [-0.25, -0.2) is 9.97 Å². The van der Waals surface area contributed by atoms with Crippen molar-refractivity contribution in [2.24, 2.45) is 5.73 Å². The largest absolute Gasteiger partial charge is 0.325 e. The van der Waals surface area contributed by atoms with Crippen LogP contribution in [-0.2, 0) is 6.54 Å². The molecule has 2 rings (SSSR count). The van der Waals surface area contributed by atoms with E-state index in [-0.39, 0.29) is 0 Å². The average Bonchev–Trinajstić information content (AvgIpc) is 2.40. The number of rotatable bonds is 1. The molecular weight excluding hydrogens is 152 g/mol. The fraction of sp³-hybridized carbons (Fsp3) is 0.250. The molecule has 12 heavy (non-hydrogen) atoms. The predicted octanol–water partition coefficient (Wildman–Crippen LogP) is 0.496. The normalized spacial score (nSPS) is 10.8. The van der Waals surface area contributed by atoms with Crippen LogP contribution < -0.4 is 5.73 Å². The first-order chi connectivity index (χ1) is 5.83. The van der Waals surface area contributed by atoms with Crippen LogP contribution in [0.4, 0.5) is 0 Å². The second-order valence-corrected chi connectivity index (χ2v) is 2.64. The van der Waals surface area contributed by atoms with Crippen molar-refractivity contribution in [1.29, 1.82) is 0 Å². The van der Waals surface area contributed by atoms with Gasteiger partial charge in [0.1, 0.15) is 0 Å². The molecular formula is C8H10N4. The van der Waals surface area contributed by atoms with Crippen LogP contribution in [0.25, 0.3) is 5.78 Å². The van der Waals surface area contributed by atoms with Gasteiger partial charge in [-0.1, -0.05) is 0 Å². The molecule has 0 aliphatic rings. The summed E-state index contributed by atoms with van der Waals surface area (Å²) in [6.45, 7) is 2.44. The Morgan fingerprint density at radius 2 is 2.42 bits per heavy atom. The summed E-state index contributed by atoms with van der Waals surface area (Å²) in [4.78, 5) is 8.36.